The van der Waals surface area contributed by atoms with Gasteiger partial charge >= 0.3 is 6.03 Å². The van der Waals surface area contributed by atoms with Crippen molar-refractivity contribution in [2.75, 3.05) is 29.1 Å². The summed E-state index contributed by atoms with van der Waals surface area (Å²) in [6, 6.07) is 7.08. The molecule has 2 aromatic heterocycles. The summed E-state index contributed by atoms with van der Waals surface area (Å²) >= 11 is 0. The van der Waals surface area contributed by atoms with E-state index >= 15 is 0 Å². The molecule has 0 bridgehead atoms. The lowest BCUT2D eigenvalue weighted by Crippen LogP contribution is -2.36. The van der Waals surface area contributed by atoms with Gasteiger partial charge in [-0.1, -0.05) is 32.9 Å². The molecule has 0 aliphatic carbocycles. The number of nitrogens with zero attached hydrogens (tertiary/aromatic N) is 4. The van der Waals surface area contributed by atoms with E-state index in [2.05, 4.69) is 46.4 Å². The van der Waals surface area contributed by atoms with Crippen molar-refractivity contribution in [1.29, 1.82) is 0 Å². The summed E-state index contributed by atoms with van der Waals surface area (Å²) in [5.74, 6) is -0.599. The van der Waals surface area contributed by atoms with Crippen LogP contribution < -0.4 is 16.4 Å². The van der Waals surface area contributed by atoms with E-state index in [-0.39, 0.29) is 35.6 Å². The van der Waals surface area contributed by atoms with Crippen LogP contribution in [0.1, 0.15) is 39.0 Å². The Morgan fingerprint density at radius 2 is 1.84 bits per heavy atom. The van der Waals surface area contributed by atoms with Crippen molar-refractivity contribution in [2.24, 2.45) is 0 Å². The summed E-state index contributed by atoms with van der Waals surface area (Å²) in [6.45, 7) is 6.43. The molecule has 38 heavy (non-hydrogen) atoms. The summed E-state index contributed by atoms with van der Waals surface area (Å²) in [7, 11) is -3.68. The molecule has 4 atom stereocenters. The van der Waals surface area contributed by atoms with Crippen molar-refractivity contribution in [3.8, 4) is 0 Å². The van der Waals surface area contributed by atoms with Gasteiger partial charge in [0.2, 0.25) is 0 Å². The van der Waals surface area contributed by atoms with Crippen LogP contribution in [0.3, 0.4) is 0 Å². The zero-order valence-electron chi connectivity index (χ0n) is 21.4. The summed E-state index contributed by atoms with van der Waals surface area (Å²) in [6.07, 6.45) is -2.39. The van der Waals surface area contributed by atoms with Gasteiger partial charge in [0, 0.05) is 12.2 Å². The maximum Gasteiger partial charge on any atom is 0.319 e. The first-order valence-corrected chi connectivity index (χ1v) is 14.0. The highest BCUT2D eigenvalue weighted by Crippen LogP contribution is 2.32. The average Bonchev–Trinajstić information content (AvgIpc) is 3.39. The van der Waals surface area contributed by atoms with Gasteiger partial charge in [-0.3, -0.25) is 4.57 Å². The number of aliphatic hydroxyl groups is 2. The number of amides is 2. The van der Waals surface area contributed by atoms with Crippen LogP contribution in [0.4, 0.5) is 16.3 Å². The number of imidazole rings is 1. The minimum atomic E-state index is -3.68. The normalized spacial score (nSPS) is 22.0. The zero-order valence-corrected chi connectivity index (χ0v) is 22.2. The molecule has 1 aromatic carbocycles. The Hall–Kier alpha value is -3.33. The number of ether oxygens (including phenoxy) is 1. The molecule has 1 aliphatic rings. The summed E-state index contributed by atoms with van der Waals surface area (Å²) in [4.78, 5) is 24.2. The van der Waals surface area contributed by atoms with Crippen LogP contribution in [0.2, 0.25) is 0 Å². The van der Waals surface area contributed by atoms with E-state index < -0.39 is 46.2 Å². The third kappa shape index (κ3) is 6.20. The number of sulfone groups is 1. The highest BCUT2D eigenvalue weighted by molar-refractivity contribution is 7.91. The predicted octanol–water partition coefficient (Wildman–Crippen LogP) is 0.952. The Balaban J connectivity index is 1.26. The molecule has 4 rings (SSSR count). The molecule has 2 amide bonds. The molecular weight excluding hydrogens is 514 g/mol. The molecule has 3 aromatic rings. The number of nitrogens with two attached hydrogens (primary N) is 1. The molecule has 6 N–H and O–H groups in total. The van der Waals surface area contributed by atoms with Gasteiger partial charge < -0.3 is 31.3 Å². The Bertz CT molecular complexity index is 1390. The van der Waals surface area contributed by atoms with Crippen molar-refractivity contribution in [1.82, 2.24) is 24.8 Å². The largest absolute Gasteiger partial charge is 0.387 e. The fraction of sp³-hybridized carbons (Fsp3) is 0.500. The number of anilines is 2. The number of hydrogen-bond acceptors (Lipinski definition) is 10. The molecule has 14 heteroatoms. The molecule has 0 saturated carbocycles. The third-order valence-electron chi connectivity index (χ3n) is 6.34. The first kappa shape index (κ1) is 27.7. The van der Waals surface area contributed by atoms with E-state index in [4.69, 9.17) is 10.5 Å². The van der Waals surface area contributed by atoms with Crippen molar-refractivity contribution in [2.45, 2.75) is 57.1 Å². The second-order valence-electron chi connectivity index (χ2n) is 10.3. The topological polar surface area (TPSA) is 195 Å². The maximum atomic E-state index is 12.7. The molecule has 3 heterocycles. The standard InChI is InChI=1S/C24H33N7O6S/c1-24(2,3)14-5-7-15(8-6-14)30-23(34)26-9-4-10-38(35,36)11-16-18(32)19(33)22(37-16)31-13-29-17-20(25)27-12-28-21(17)31/h5-8,12-13,16,18-19,22,32-33H,4,9-11H2,1-3H3,(H2,25,27,28)(H2,26,30,34)/t16-,18+,19-,22-/m1/s1. The molecule has 1 aliphatic heterocycles. The number of urea groups is 1. The average molecular weight is 548 g/mol. The monoisotopic (exact) mass is 547 g/mol. The molecular formula is C24H33N7O6S. The van der Waals surface area contributed by atoms with Crippen molar-refractivity contribution in [3.05, 3.63) is 42.5 Å². The highest BCUT2D eigenvalue weighted by Gasteiger charge is 2.45. The van der Waals surface area contributed by atoms with Crippen molar-refractivity contribution >= 4 is 38.5 Å². The van der Waals surface area contributed by atoms with Crippen molar-refractivity contribution in [3.63, 3.8) is 0 Å². The maximum absolute atomic E-state index is 12.7. The van der Waals surface area contributed by atoms with Gasteiger partial charge in [0.15, 0.2) is 27.5 Å². The number of fused-ring (bicyclic) bond motifs is 1. The molecule has 13 nitrogen and oxygen atoms in total. The molecule has 206 valence electrons. The van der Waals surface area contributed by atoms with E-state index in [1.807, 2.05) is 24.3 Å². The van der Waals surface area contributed by atoms with Gasteiger partial charge in [0.05, 0.1) is 17.8 Å². The van der Waals surface area contributed by atoms with Gasteiger partial charge in [-0.15, -0.1) is 0 Å². The number of nitrogens with one attached hydrogen (secondary N) is 2. The number of aliphatic hydroxyl groups excluding tert-OH is 2. The number of aromatic nitrogens is 4. The quantitative estimate of drug-likeness (QED) is 0.253. The Labute approximate surface area is 220 Å². The lowest BCUT2D eigenvalue weighted by atomic mass is 9.87. The van der Waals surface area contributed by atoms with Crippen LogP contribution in [0, 0.1) is 0 Å². The van der Waals surface area contributed by atoms with E-state index in [9.17, 15) is 23.4 Å². The number of benzene rings is 1. The summed E-state index contributed by atoms with van der Waals surface area (Å²) < 4.78 is 32.5. The minimum Gasteiger partial charge on any atom is -0.387 e. The number of carbonyl (C=O) groups is 1. The first-order valence-electron chi connectivity index (χ1n) is 12.2. The molecule has 1 fully saturated rings. The van der Waals surface area contributed by atoms with Gasteiger partial charge in [0.1, 0.15) is 30.2 Å². The lowest BCUT2D eigenvalue weighted by Gasteiger charge is -2.19. The fourth-order valence-corrected chi connectivity index (χ4v) is 5.74. The second-order valence-corrected chi connectivity index (χ2v) is 12.5. The Kier molecular flexibility index (Phi) is 7.88. The van der Waals surface area contributed by atoms with Crippen molar-refractivity contribution < 1.29 is 28.2 Å². The molecule has 1 saturated heterocycles. The second kappa shape index (κ2) is 10.8. The van der Waals surface area contributed by atoms with Crippen LogP contribution >= 0.6 is 0 Å². The van der Waals surface area contributed by atoms with Crippen LogP contribution in [0.15, 0.2) is 36.9 Å². The van der Waals surface area contributed by atoms with Crippen LogP contribution in [0.5, 0.6) is 0 Å². The van der Waals surface area contributed by atoms with E-state index in [1.165, 1.54) is 17.2 Å². The van der Waals surface area contributed by atoms with Gasteiger partial charge in [-0.25, -0.2) is 28.2 Å². The van der Waals surface area contributed by atoms with E-state index in [0.717, 1.165) is 5.56 Å². The van der Waals surface area contributed by atoms with Gasteiger partial charge in [-0.2, -0.15) is 0 Å². The highest BCUT2D eigenvalue weighted by atomic mass is 32.2. The predicted molar refractivity (Wildman–Crippen MR) is 141 cm³/mol. The third-order valence-corrected chi connectivity index (χ3v) is 8.09. The SMILES string of the molecule is CC(C)(C)c1ccc(NC(=O)NCCCS(=O)(=O)C[C@H]2O[C@@H](n3cnc4c(N)ncnc43)[C@H](O)[C@H]2O)cc1. The summed E-state index contributed by atoms with van der Waals surface area (Å²) in [5, 5.41) is 26.4. The lowest BCUT2D eigenvalue weighted by molar-refractivity contribution is -0.0292. The molecule has 0 spiro atoms. The van der Waals surface area contributed by atoms with Gasteiger partial charge in [0.25, 0.3) is 0 Å². The van der Waals surface area contributed by atoms with E-state index in [0.29, 0.717) is 11.2 Å². The first-order chi connectivity index (χ1) is 17.9. The Morgan fingerprint density at radius 3 is 2.53 bits per heavy atom. The Morgan fingerprint density at radius 1 is 1.13 bits per heavy atom. The van der Waals surface area contributed by atoms with Gasteiger partial charge in [-0.05, 0) is 29.5 Å². The number of nitrogen functional groups attached to an aromatic ring is 1. The summed E-state index contributed by atoms with van der Waals surface area (Å²) in [5.41, 5.74) is 8.14. The number of rotatable bonds is 8. The van der Waals surface area contributed by atoms with Crippen LogP contribution in [-0.4, -0.2) is 80.5 Å². The minimum absolute atomic E-state index is 0.00218. The zero-order chi connectivity index (χ0) is 27.7. The van der Waals surface area contributed by atoms with E-state index in [1.54, 1.807) is 0 Å². The number of hydrogen-bond donors (Lipinski definition) is 5. The van der Waals surface area contributed by atoms with Crippen LogP contribution in [-0.2, 0) is 20.0 Å². The molecule has 0 radical (unpaired) electrons. The van der Waals surface area contributed by atoms with Crippen LogP contribution in [0.25, 0.3) is 11.2 Å². The number of carbonyl (C=O) groups excluding carboxylic acids is 1. The fourth-order valence-electron chi connectivity index (χ4n) is 4.21. The smallest absolute Gasteiger partial charge is 0.319 e. The molecule has 0 unspecified atom stereocenters.